The van der Waals surface area contributed by atoms with Crippen LogP contribution in [0.4, 0.5) is 4.39 Å². The average molecular weight is 236 g/mol. The summed E-state index contributed by atoms with van der Waals surface area (Å²) in [7, 11) is 0. The van der Waals surface area contributed by atoms with E-state index >= 15 is 0 Å². The zero-order chi connectivity index (χ0) is 10.0. The van der Waals surface area contributed by atoms with Gasteiger partial charge in [0.1, 0.15) is 5.82 Å². The highest BCUT2D eigenvalue weighted by Gasteiger charge is 2.14. The van der Waals surface area contributed by atoms with Gasteiger partial charge in [-0.1, -0.05) is 23.7 Å². The highest BCUT2D eigenvalue weighted by atomic mass is 35.5. The molecule has 0 heterocycles. The first kappa shape index (κ1) is 13.4. The molecule has 1 atom stereocenters. The molecule has 0 aliphatic rings. The van der Waals surface area contributed by atoms with E-state index in [2.05, 4.69) is 6.58 Å². The lowest BCUT2D eigenvalue weighted by atomic mass is 10.0. The van der Waals surface area contributed by atoms with E-state index in [1.807, 2.05) is 0 Å². The summed E-state index contributed by atoms with van der Waals surface area (Å²) < 4.78 is 13.5. The van der Waals surface area contributed by atoms with Crippen LogP contribution in [0.1, 0.15) is 17.2 Å². The summed E-state index contributed by atoms with van der Waals surface area (Å²) in [4.78, 5) is 0. The van der Waals surface area contributed by atoms with E-state index < -0.39 is 6.04 Å². The quantitative estimate of drug-likeness (QED) is 0.782. The predicted octanol–water partition coefficient (Wildman–Crippen LogP) is 3.40. The van der Waals surface area contributed by atoms with E-state index in [1.54, 1.807) is 19.1 Å². The van der Waals surface area contributed by atoms with Gasteiger partial charge in [0.15, 0.2) is 0 Å². The second kappa shape index (κ2) is 5.35. The van der Waals surface area contributed by atoms with Gasteiger partial charge in [-0.15, -0.1) is 19.0 Å². The van der Waals surface area contributed by atoms with Gasteiger partial charge in [-0.2, -0.15) is 0 Å². The van der Waals surface area contributed by atoms with Crippen LogP contribution in [0.5, 0.6) is 0 Å². The van der Waals surface area contributed by atoms with Crippen molar-refractivity contribution in [3.8, 4) is 0 Å². The van der Waals surface area contributed by atoms with Crippen LogP contribution in [0.15, 0.2) is 24.8 Å². The zero-order valence-corrected chi connectivity index (χ0v) is 9.33. The maximum atomic E-state index is 13.5. The number of nitrogens with two attached hydrogens (primary N) is 1. The Bertz CT molecular complexity index is 339. The van der Waals surface area contributed by atoms with Gasteiger partial charge in [0.25, 0.3) is 0 Å². The summed E-state index contributed by atoms with van der Waals surface area (Å²) in [5, 5.41) is 0.343. The summed E-state index contributed by atoms with van der Waals surface area (Å²) >= 11 is 5.81. The lowest BCUT2D eigenvalue weighted by molar-refractivity contribution is 0.594. The minimum Gasteiger partial charge on any atom is -0.321 e. The standard InChI is InChI=1S/C10H11ClFN.ClH/c1-3-8(13)9-7(11)5-4-6(2)10(9)12;/h3-5,8H,1,13H2,2H3;1H/t8-;/m1./s1. The molecule has 1 rings (SSSR count). The molecular weight excluding hydrogens is 224 g/mol. The van der Waals surface area contributed by atoms with Crippen LogP contribution >= 0.6 is 24.0 Å². The van der Waals surface area contributed by atoms with Gasteiger partial charge in [-0.3, -0.25) is 0 Å². The van der Waals surface area contributed by atoms with E-state index in [-0.39, 0.29) is 18.2 Å². The molecule has 1 aromatic carbocycles. The molecule has 0 spiro atoms. The minimum absolute atomic E-state index is 0. The van der Waals surface area contributed by atoms with E-state index in [9.17, 15) is 4.39 Å². The topological polar surface area (TPSA) is 26.0 Å². The van der Waals surface area contributed by atoms with E-state index in [4.69, 9.17) is 17.3 Å². The largest absolute Gasteiger partial charge is 0.321 e. The molecule has 14 heavy (non-hydrogen) atoms. The van der Waals surface area contributed by atoms with Gasteiger partial charge in [0.2, 0.25) is 0 Å². The fraction of sp³-hybridized carbons (Fsp3) is 0.200. The van der Waals surface area contributed by atoms with E-state index in [0.717, 1.165) is 0 Å². The van der Waals surface area contributed by atoms with Crippen molar-refractivity contribution in [2.75, 3.05) is 0 Å². The Balaban J connectivity index is 0.00000169. The first-order valence-corrected chi connectivity index (χ1v) is 4.28. The van der Waals surface area contributed by atoms with Crippen molar-refractivity contribution >= 4 is 24.0 Å². The first-order chi connectivity index (χ1) is 6.07. The third-order valence-electron chi connectivity index (χ3n) is 1.91. The van der Waals surface area contributed by atoms with E-state index in [0.29, 0.717) is 16.1 Å². The second-order valence-corrected chi connectivity index (χ2v) is 3.26. The molecule has 1 nitrogen and oxygen atoms in total. The number of benzene rings is 1. The number of hydrogen-bond donors (Lipinski definition) is 1. The Hall–Kier alpha value is -0.570. The molecular formula is C10H12Cl2FN. The van der Waals surface area contributed by atoms with Gasteiger partial charge in [0, 0.05) is 10.6 Å². The van der Waals surface area contributed by atoms with Crippen molar-refractivity contribution in [2.24, 2.45) is 5.73 Å². The minimum atomic E-state index is -0.549. The molecule has 0 amide bonds. The lowest BCUT2D eigenvalue weighted by Gasteiger charge is -2.11. The maximum absolute atomic E-state index is 13.5. The van der Waals surface area contributed by atoms with Gasteiger partial charge in [-0.25, -0.2) is 4.39 Å². The van der Waals surface area contributed by atoms with Crippen LogP contribution in [-0.4, -0.2) is 0 Å². The molecule has 0 radical (unpaired) electrons. The van der Waals surface area contributed by atoms with Crippen molar-refractivity contribution in [2.45, 2.75) is 13.0 Å². The maximum Gasteiger partial charge on any atom is 0.132 e. The number of hydrogen-bond acceptors (Lipinski definition) is 1. The number of halogens is 3. The second-order valence-electron chi connectivity index (χ2n) is 2.85. The van der Waals surface area contributed by atoms with Crippen LogP contribution < -0.4 is 5.73 Å². The molecule has 0 unspecified atom stereocenters. The third kappa shape index (κ3) is 2.47. The monoisotopic (exact) mass is 235 g/mol. The van der Waals surface area contributed by atoms with Gasteiger partial charge < -0.3 is 5.73 Å². The van der Waals surface area contributed by atoms with Crippen molar-refractivity contribution in [3.05, 3.63) is 46.8 Å². The summed E-state index contributed by atoms with van der Waals surface area (Å²) in [5.74, 6) is -0.347. The Morgan fingerprint density at radius 1 is 1.57 bits per heavy atom. The van der Waals surface area contributed by atoms with E-state index in [1.165, 1.54) is 6.08 Å². The molecule has 0 aliphatic carbocycles. The molecule has 2 N–H and O–H groups in total. The van der Waals surface area contributed by atoms with Crippen LogP contribution in [0, 0.1) is 12.7 Å². The predicted molar refractivity (Wildman–Crippen MR) is 60.5 cm³/mol. The van der Waals surface area contributed by atoms with Crippen molar-refractivity contribution in [3.63, 3.8) is 0 Å². The lowest BCUT2D eigenvalue weighted by Crippen LogP contribution is -2.10. The Labute approximate surface area is 94.2 Å². The molecule has 78 valence electrons. The SMILES string of the molecule is C=C[C@@H](N)c1c(Cl)ccc(C)c1F.Cl. The molecule has 0 saturated heterocycles. The van der Waals surface area contributed by atoms with Gasteiger partial charge in [-0.05, 0) is 18.6 Å². The smallest absolute Gasteiger partial charge is 0.132 e. The molecule has 1 aromatic rings. The van der Waals surface area contributed by atoms with Gasteiger partial charge in [0.05, 0.1) is 6.04 Å². The molecule has 4 heteroatoms. The summed E-state index contributed by atoms with van der Waals surface area (Å²) in [5.41, 5.74) is 6.48. The van der Waals surface area contributed by atoms with Crippen molar-refractivity contribution in [1.82, 2.24) is 0 Å². The fourth-order valence-electron chi connectivity index (χ4n) is 1.10. The van der Waals surface area contributed by atoms with Crippen LogP contribution in [0.25, 0.3) is 0 Å². The van der Waals surface area contributed by atoms with Crippen LogP contribution in [0.3, 0.4) is 0 Å². The molecule has 0 aromatic heterocycles. The fourth-order valence-corrected chi connectivity index (χ4v) is 1.37. The molecule has 0 fully saturated rings. The summed E-state index contributed by atoms with van der Waals surface area (Å²) in [6, 6.07) is 2.71. The Morgan fingerprint density at radius 2 is 2.14 bits per heavy atom. The third-order valence-corrected chi connectivity index (χ3v) is 2.24. The Kier molecular flexibility index (Phi) is 5.13. The highest BCUT2D eigenvalue weighted by Crippen LogP contribution is 2.26. The molecule has 0 bridgehead atoms. The van der Waals surface area contributed by atoms with Crippen molar-refractivity contribution < 1.29 is 4.39 Å². The molecule has 0 saturated carbocycles. The average Bonchev–Trinajstić information content (AvgIpc) is 2.12. The zero-order valence-electron chi connectivity index (χ0n) is 7.76. The number of aryl methyl sites for hydroxylation is 1. The van der Waals surface area contributed by atoms with Crippen molar-refractivity contribution in [1.29, 1.82) is 0 Å². The highest BCUT2D eigenvalue weighted by molar-refractivity contribution is 6.31. The normalized spacial score (nSPS) is 11.7. The summed E-state index contributed by atoms with van der Waals surface area (Å²) in [6.07, 6.45) is 1.46. The summed E-state index contributed by atoms with van der Waals surface area (Å²) in [6.45, 7) is 5.17. The number of rotatable bonds is 2. The Morgan fingerprint density at radius 3 is 2.64 bits per heavy atom. The van der Waals surface area contributed by atoms with Crippen LogP contribution in [-0.2, 0) is 0 Å². The van der Waals surface area contributed by atoms with Crippen LogP contribution in [0.2, 0.25) is 5.02 Å². The molecule has 0 aliphatic heterocycles. The first-order valence-electron chi connectivity index (χ1n) is 3.90. The van der Waals surface area contributed by atoms with Gasteiger partial charge >= 0.3 is 0 Å².